The summed E-state index contributed by atoms with van der Waals surface area (Å²) >= 11 is 0. The molecule has 2 N–H and O–H groups in total. The molecule has 0 bridgehead atoms. The van der Waals surface area contributed by atoms with Crippen LogP contribution >= 0.6 is 0 Å². The van der Waals surface area contributed by atoms with Gasteiger partial charge in [0.1, 0.15) is 17.2 Å². The molecule has 88 heavy (non-hydrogen) atoms. The second kappa shape index (κ2) is 28.3. The highest BCUT2D eigenvalue weighted by Crippen LogP contribution is 2.66. The molecule has 14 nitrogen and oxygen atoms in total. The fraction of sp³-hybridized carbons (Fsp3) is 0.716. The molecule has 2 aliphatic heterocycles. The van der Waals surface area contributed by atoms with Gasteiger partial charge in [0.15, 0.2) is 17.4 Å². The van der Waals surface area contributed by atoms with Crippen LogP contribution in [0.15, 0.2) is 110 Å². The molecular formula is C74H113N3O11. The van der Waals surface area contributed by atoms with E-state index in [0.717, 1.165) is 114 Å². The first-order chi connectivity index (χ1) is 41.5. The van der Waals surface area contributed by atoms with Gasteiger partial charge in [-0.1, -0.05) is 78.0 Å². The number of aromatic nitrogens is 3. The van der Waals surface area contributed by atoms with Gasteiger partial charge in [0, 0.05) is 67.6 Å². The summed E-state index contributed by atoms with van der Waals surface area (Å²) < 4.78 is 52.8. The zero-order valence-electron chi connectivity index (χ0n) is 56.5. The van der Waals surface area contributed by atoms with E-state index in [1.54, 1.807) is 51.4 Å². The van der Waals surface area contributed by atoms with E-state index in [9.17, 15) is 10.2 Å². The van der Waals surface area contributed by atoms with Crippen molar-refractivity contribution in [1.29, 1.82) is 0 Å². The van der Waals surface area contributed by atoms with Gasteiger partial charge in [-0.25, -0.2) is 0 Å². The summed E-state index contributed by atoms with van der Waals surface area (Å²) in [6.07, 6.45) is 26.6. The van der Waals surface area contributed by atoms with Crippen LogP contribution in [0.5, 0.6) is 17.2 Å². The van der Waals surface area contributed by atoms with Gasteiger partial charge in [-0.15, -0.1) is 0 Å². The molecule has 0 spiro atoms. The Kier molecular flexibility index (Phi) is 22.4. The number of aliphatic hydroxyl groups is 2. The minimum absolute atomic E-state index is 0.0428. The van der Waals surface area contributed by atoms with Gasteiger partial charge in [-0.05, 0) is 226 Å². The van der Waals surface area contributed by atoms with Crippen LogP contribution in [0.3, 0.4) is 0 Å². The van der Waals surface area contributed by atoms with Crippen molar-refractivity contribution in [3.05, 3.63) is 110 Å². The van der Waals surface area contributed by atoms with Crippen molar-refractivity contribution in [3.8, 4) is 17.2 Å². The molecule has 6 aliphatic carbocycles. The van der Waals surface area contributed by atoms with Crippen molar-refractivity contribution in [1.82, 2.24) is 15.0 Å². The maximum atomic E-state index is 10.5. The molecule has 5 heterocycles. The summed E-state index contributed by atoms with van der Waals surface area (Å²) in [4.78, 5) is 12.1. The van der Waals surface area contributed by atoms with Crippen molar-refractivity contribution >= 4 is 0 Å². The third-order valence-corrected chi connectivity index (χ3v) is 23.6. The van der Waals surface area contributed by atoms with Gasteiger partial charge < -0.3 is 52.8 Å². The number of aliphatic hydroxyl groups excluding tert-OH is 2. The van der Waals surface area contributed by atoms with E-state index in [0.29, 0.717) is 42.1 Å². The quantitative estimate of drug-likeness (QED) is 0.109. The van der Waals surface area contributed by atoms with Crippen LogP contribution in [0.4, 0.5) is 0 Å². The molecule has 8 fully saturated rings. The number of pyridine rings is 3. The summed E-state index contributed by atoms with van der Waals surface area (Å²) in [6.45, 7) is 43.1. The van der Waals surface area contributed by atoms with Crippen LogP contribution in [0.2, 0.25) is 0 Å². The highest BCUT2D eigenvalue weighted by atomic mass is 16.7. The van der Waals surface area contributed by atoms with Crippen molar-refractivity contribution in [2.75, 3.05) is 53.9 Å². The standard InChI is InChI=1S/2C24H35NO3.C21H31NO3.C5H12O2/c2*1-17-6-7-20-23(4,19(17)11-15-26-18-9-13-25-14-10-18)12-8-21-24(20,5)16-27-22(2,3)28-21;1-15-4-5-18-20(2,10-6-19(24)21(18,3)14-23)17(15)9-13-25-16-7-11-22-12-8-16;1-5(2,6-3)7-4/h2*9-10,13-14,19-21H,1,6-8,11-12,15-16H2,2-5H3;7-8,11-12,17-19,23-24H,1,4-6,9-10,13-14H2,2-3H3;1-4H3/t2*19-,20?,21-,23+,24+;17-,18?,19-,20+,21+;/m111./s1. The molecule has 3 aromatic heterocycles. The fourth-order valence-electron chi connectivity index (χ4n) is 18.2. The number of fused-ring (bicyclic) bond motifs is 7. The van der Waals surface area contributed by atoms with E-state index >= 15 is 0 Å². The Morgan fingerprint density at radius 1 is 0.489 bits per heavy atom. The zero-order valence-corrected chi connectivity index (χ0v) is 56.5. The lowest BCUT2D eigenvalue weighted by Crippen LogP contribution is -2.63. The SMILES string of the molecule is C=C1CCC2[C@](C)(CO)[C@H](O)CC[C@@]2(C)[C@@H]1CCOc1ccncc1.C=C1CCC2[C@]3(C)COC(C)(C)O[C@@H]3CC[C@@]2(C)[C@@H]1CCOc1ccncc1.C=C1CCC2[C@]3(C)COC(C)(C)O[C@@H]3CC[C@@]2(C)[C@@H]1CCOc1ccncc1.COC(C)(C)OC. The highest BCUT2D eigenvalue weighted by Gasteiger charge is 2.63. The number of methoxy groups -OCH3 is 2. The fourth-order valence-corrected chi connectivity index (χ4v) is 18.2. The maximum Gasteiger partial charge on any atom is 0.163 e. The molecule has 14 heteroatoms. The molecular weight excluding hydrogens is 1110 g/mol. The summed E-state index contributed by atoms with van der Waals surface area (Å²) in [7, 11) is 3.23. The molecule has 15 atom stereocenters. The van der Waals surface area contributed by atoms with Gasteiger partial charge >= 0.3 is 0 Å². The van der Waals surface area contributed by atoms with Crippen LogP contribution < -0.4 is 14.2 Å². The van der Waals surface area contributed by atoms with Gasteiger partial charge in [-0.2, -0.15) is 0 Å². The summed E-state index contributed by atoms with van der Waals surface area (Å²) in [5, 5.41) is 20.6. The Morgan fingerprint density at radius 2 is 0.807 bits per heavy atom. The van der Waals surface area contributed by atoms with E-state index in [-0.39, 0.29) is 45.9 Å². The molecule has 0 aromatic carbocycles. The third-order valence-electron chi connectivity index (χ3n) is 23.6. The Bertz CT molecular complexity index is 2620. The minimum Gasteiger partial charge on any atom is -0.493 e. The molecule has 490 valence electrons. The van der Waals surface area contributed by atoms with Gasteiger partial charge in [0.2, 0.25) is 0 Å². The minimum atomic E-state index is -0.464. The molecule has 0 radical (unpaired) electrons. The Morgan fingerprint density at radius 3 is 1.12 bits per heavy atom. The summed E-state index contributed by atoms with van der Waals surface area (Å²) in [5.41, 5.74) is 4.36. The highest BCUT2D eigenvalue weighted by molar-refractivity contribution is 5.23. The zero-order chi connectivity index (χ0) is 64.0. The normalized spacial score (nSPS) is 37.1. The van der Waals surface area contributed by atoms with Gasteiger partial charge in [-0.3, -0.25) is 15.0 Å². The first-order valence-electron chi connectivity index (χ1n) is 33.2. The number of allylic oxidation sites excluding steroid dienone is 3. The number of rotatable bonds is 15. The van der Waals surface area contributed by atoms with Crippen LogP contribution in [-0.4, -0.2) is 115 Å². The van der Waals surface area contributed by atoms with Crippen molar-refractivity contribution in [2.45, 2.75) is 215 Å². The second-order valence-electron chi connectivity index (χ2n) is 30.1. The Labute approximate surface area is 529 Å². The number of hydrogen-bond donors (Lipinski definition) is 2. The van der Waals surface area contributed by atoms with Crippen molar-refractivity contribution in [2.24, 2.45) is 68.0 Å². The predicted molar refractivity (Wildman–Crippen MR) is 346 cm³/mol. The summed E-state index contributed by atoms with van der Waals surface area (Å²) in [6, 6.07) is 11.4. The number of nitrogens with zero attached hydrogens (tertiary/aromatic N) is 3. The molecule has 2 saturated heterocycles. The molecule has 0 amide bonds. The average Bonchev–Trinajstić information content (AvgIpc) is 0.763. The first-order valence-corrected chi connectivity index (χ1v) is 33.2. The van der Waals surface area contributed by atoms with Crippen LogP contribution in [0, 0.1) is 68.0 Å². The Balaban J connectivity index is 0.000000162. The van der Waals surface area contributed by atoms with E-state index in [4.69, 9.17) is 42.6 Å². The second-order valence-corrected chi connectivity index (χ2v) is 30.1. The maximum absolute atomic E-state index is 10.5. The predicted octanol–water partition coefficient (Wildman–Crippen LogP) is 15.4. The lowest BCUT2D eigenvalue weighted by Gasteiger charge is -2.63. The lowest BCUT2D eigenvalue weighted by molar-refractivity contribution is -0.344. The van der Waals surface area contributed by atoms with E-state index < -0.39 is 28.9 Å². The van der Waals surface area contributed by atoms with Crippen LogP contribution in [0.25, 0.3) is 0 Å². The number of hydrogen-bond acceptors (Lipinski definition) is 14. The summed E-state index contributed by atoms with van der Waals surface area (Å²) in [5.74, 6) is 4.12. The lowest BCUT2D eigenvalue weighted by atomic mass is 9.46. The number of ether oxygens (including phenoxy) is 9. The third kappa shape index (κ3) is 15.1. The molecule has 11 rings (SSSR count). The average molecular weight is 1220 g/mol. The van der Waals surface area contributed by atoms with Crippen LogP contribution in [0.1, 0.15) is 179 Å². The van der Waals surface area contributed by atoms with E-state index in [1.165, 1.54) is 42.4 Å². The topological polar surface area (TPSA) is 162 Å². The molecule has 6 saturated carbocycles. The van der Waals surface area contributed by atoms with Gasteiger partial charge in [0.05, 0.1) is 58.0 Å². The van der Waals surface area contributed by atoms with Crippen LogP contribution in [-0.2, 0) is 28.4 Å². The molecule has 8 aliphatic rings. The van der Waals surface area contributed by atoms with E-state index in [1.807, 2.05) is 77.9 Å². The molecule has 3 unspecified atom stereocenters. The van der Waals surface area contributed by atoms with Crippen molar-refractivity contribution in [3.63, 3.8) is 0 Å². The molecule has 3 aromatic rings. The largest absolute Gasteiger partial charge is 0.493 e. The monoisotopic (exact) mass is 1220 g/mol. The first kappa shape index (κ1) is 69.6. The van der Waals surface area contributed by atoms with Crippen molar-refractivity contribution < 1.29 is 52.8 Å². The smallest absolute Gasteiger partial charge is 0.163 e. The van der Waals surface area contributed by atoms with Gasteiger partial charge in [0.25, 0.3) is 0 Å². The Hall–Kier alpha value is -4.25. The van der Waals surface area contributed by atoms with E-state index in [2.05, 4.69) is 76.2 Å².